The van der Waals surface area contributed by atoms with Crippen LogP contribution in [0.15, 0.2) is 53.4 Å². The van der Waals surface area contributed by atoms with E-state index in [0.717, 1.165) is 4.90 Å². The first-order valence-electron chi connectivity index (χ1n) is 10.5. The van der Waals surface area contributed by atoms with Gasteiger partial charge in [-0.1, -0.05) is 12.1 Å². The fourth-order valence-electron chi connectivity index (χ4n) is 3.33. The zero-order valence-corrected chi connectivity index (χ0v) is 19.9. The molecule has 1 heterocycles. The van der Waals surface area contributed by atoms with E-state index >= 15 is 0 Å². The van der Waals surface area contributed by atoms with Gasteiger partial charge in [-0.05, 0) is 64.1 Å². The van der Waals surface area contributed by atoms with E-state index in [4.69, 9.17) is 4.74 Å². The molecule has 0 unspecified atom stereocenters. The molecule has 180 valence electrons. The fourth-order valence-corrected chi connectivity index (χ4v) is 4.58. The molecule has 10 nitrogen and oxygen atoms in total. The highest BCUT2D eigenvalue weighted by Crippen LogP contribution is 2.25. The van der Waals surface area contributed by atoms with Crippen LogP contribution in [-0.2, 0) is 24.3 Å². The normalized spacial score (nSPS) is 15.1. The Morgan fingerprint density at radius 1 is 0.882 bits per heavy atom. The van der Waals surface area contributed by atoms with E-state index in [1.165, 1.54) is 50.2 Å². The third kappa shape index (κ3) is 5.15. The highest BCUT2D eigenvalue weighted by molar-refractivity contribution is 7.89. The summed E-state index contributed by atoms with van der Waals surface area (Å²) in [4.78, 5) is 50.9. The van der Waals surface area contributed by atoms with Gasteiger partial charge in [0, 0.05) is 11.7 Å². The predicted molar refractivity (Wildman–Crippen MR) is 122 cm³/mol. The molecule has 2 aromatic carbocycles. The first kappa shape index (κ1) is 25.1. The molecule has 0 bridgehead atoms. The molecule has 0 saturated carbocycles. The zero-order chi connectivity index (χ0) is 25.2. The minimum atomic E-state index is -3.68. The van der Waals surface area contributed by atoms with Crippen molar-refractivity contribution in [3.8, 4) is 0 Å². The maximum atomic E-state index is 12.6. The van der Waals surface area contributed by atoms with Crippen LogP contribution in [0.25, 0.3) is 0 Å². The lowest BCUT2D eigenvalue weighted by Crippen LogP contribution is -2.45. The largest absolute Gasteiger partial charge is 0.451 e. The molecule has 1 aliphatic rings. The van der Waals surface area contributed by atoms with E-state index in [2.05, 4.69) is 10.0 Å². The summed E-state index contributed by atoms with van der Waals surface area (Å²) in [6, 6.07) is 10.2. The highest BCUT2D eigenvalue weighted by atomic mass is 32.2. The molecule has 0 aliphatic carbocycles. The number of nitrogens with one attached hydrogen (secondary N) is 2. The number of amides is 3. The van der Waals surface area contributed by atoms with Crippen LogP contribution >= 0.6 is 0 Å². The van der Waals surface area contributed by atoms with Crippen LogP contribution in [0.4, 0.5) is 5.69 Å². The predicted octanol–water partition coefficient (Wildman–Crippen LogP) is 1.93. The zero-order valence-electron chi connectivity index (χ0n) is 19.1. The Kier molecular flexibility index (Phi) is 7.18. The van der Waals surface area contributed by atoms with Gasteiger partial charge in [0.1, 0.15) is 6.04 Å². The van der Waals surface area contributed by atoms with Crippen LogP contribution in [-0.4, -0.2) is 55.2 Å². The number of imide groups is 1. The third-order valence-corrected chi connectivity index (χ3v) is 6.71. The Hall–Kier alpha value is -3.57. The van der Waals surface area contributed by atoms with E-state index in [0.29, 0.717) is 5.69 Å². The van der Waals surface area contributed by atoms with Crippen molar-refractivity contribution in [1.82, 2.24) is 9.62 Å². The third-order valence-electron chi connectivity index (χ3n) is 5.04. The standard InChI is InChI=1S/C23H25N3O7S/c1-13(2)25-34(31,32)17-11-9-16(10-12-17)24-20(27)15(4)33-23(30)14(3)26-21(28)18-7-5-6-8-19(18)22(26)29/h5-15,25H,1-4H3,(H,24,27)/t14-,15-/m0/s1. The van der Waals surface area contributed by atoms with Crippen molar-refractivity contribution in [1.29, 1.82) is 0 Å². The minimum Gasteiger partial charge on any atom is -0.451 e. The first-order chi connectivity index (χ1) is 15.9. The van der Waals surface area contributed by atoms with Crippen molar-refractivity contribution < 1.29 is 32.3 Å². The van der Waals surface area contributed by atoms with Crippen LogP contribution in [0, 0.1) is 0 Å². The number of anilines is 1. The number of fused-ring (bicyclic) bond motifs is 1. The molecule has 1 aliphatic heterocycles. The van der Waals surface area contributed by atoms with Crippen LogP contribution in [0.2, 0.25) is 0 Å². The molecule has 3 rings (SSSR count). The molecule has 0 saturated heterocycles. The summed E-state index contributed by atoms with van der Waals surface area (Å²) in [7, 11) is -3.68. The Bertz CT molecular complexity index is 1200. The number of benzene rings is 2. The average molecular weight is 488 g/mol. The van der Waals surface area contributed by atoms with Gasteiger partial charge in [0.25, 0.3) is 17.7 Å². The highest BCUT2D eigenvalue weighted by Gasteiger charge is 2.41. The van der Waals surface area contributed by atoms with Gasteiger partial charge in [-0.25, -0.2) is 17.9 Å². The van der Waals surface area contributed by atoms with Crippen LogP contribution in [0.3, 0.4) is 0 Å². The SMILES string of the molecule is CC(C)NS(=O)(=O)c1ccc(NC(=O)[C@H](C)OC(=O)[C@H](C)N2C(=O)c3ccccc3C2=O)cc1. The van der Waals surface area contributed by atoms with Gasteiger partial charge in [-0.3, -0.25) is 19.3 Å². The number of esters is 1. The van der Waals surface area contributed by atoms with Gasteiger partial charge >= 0.3 is 5.97 Å². The maximum Gasteiger partial charge on any atom is 0.329 e. The van der Waals surface area contributed by atoms with E-state index in [9.17, 15) is 27.6 Å². The second kappa shape index (κ2) is 9.74. The summed E-state index contributed by atoms with van der Waals surface area (Å²) in [6.45, 7) is 6.08. The number of carbonyl (C=O) groups excluding carboxylic acids is 4. The summed E-state index contributed by atoms with van der Waals surface area (Å²) in [6.07, 6.45) is -1.24. The van der Waals surface area contributed by atoms with Gasteiger partial charge in [-0.15, -0.1) is 0 Å². The average Bonchev–Trinajstić information content (AvgIpc) is 3.03. The number of ether oxygens (including phenoxy) is 1. The first-order valence-corrected chi connectivity index (χ1v) is 12.0. The molecule has 3 amide bonds. The van der Waals surface area contributed by atoms with E-state index in [1.807, 2.05) is 0 Å². The Balaban J connectivity index is 1.61. The Labute approximate surface area is 197 Å². The summed E-state index contributed by atoms with van der Waals surface area (Å²) in [5, 5.41) is 2.53. The molecule has 2 N–H and O–H groups in total. The Morgan fingerprint density at radius 2 is 1.41 bits per heavy atom. The van der Waals surface area contributed by atoms with E-state index < -0.39 is 45.9 Å². The molecule has 0 spiro atoms. The molecule has 0 fully saturated rings. The van der Waals surface area contributed by atoms with Gasteiger partial charge in [0.15, 0.2) is 6.10 Å². The fraction of sp³-hybridized carbons (Fsp3) is 0.304. The lowest BCUT2D eigenvalue weighted by atomic mass is 10.1. The molecule has 2 atom stereocenters. The molecule has 2 aromatic rings. The van der Waals surface area contributed by atoms with Crippen molar-refractivity contribution in [2.75, 3.05) is 5.32 Å². The van der Waals surface area contributed by atoms with Crippen LogP contribution < -0.4 is 10.0 Å². The minimum absolute atomic E-state index is 0.0356. The summed E-state index contributed by atoms with van der Waals surface area (Å²) < 4.78 is 32.0. The van der Waals surface area contributed by atoms with Crippen molar-refractivity contribution in [2.24, 2.45) is 0 Å². The summed E-state index contributed by atoms with van der Waals surface area (Å²) >= 11 is 0. The maximum absolute atomic E-state index is 12.6. The van der Waals surface area contributed by atoms with Crippen molar-refractivity contribution in [2.45, 2.75) is 50.8 Å². The second-order valence-electron chi connectivity index (χ2n) is 8.07. The second-order valence-corrected chi connectivity index (χ2v) is 9.78. The molecular formula is C23H25N3O7S. The number of nitrogens with zero attached hydrogens (tertiary/aromatic N) is 1. The molecule has 0 aromatic heterocycles. The van der Waals surface area contributed by atoms with Gasteiger partial charge in [0.2, 0.25) is 10.0 Å². The monoisotopic (exact) mass is 487 g/mol. The molecule has 11 heteroatoms. The topological polar surface area (TPSA) is 139 Å². The lowest BCUT2D eigenvalue weighted by Gasteiger charge is -2.22. The van der Waals surface area contributed by atoms with Gasteiger partial charge < -0.3 is 10.1 Å². The summed E-state index contributed by atoms with van der Waals surface area (Å²) in [5.74, 6) is -2.80. The Morgan fingerprint density at radius 3 is 1.91 bits per heavy atom. The van der Waals surface area contributed by atoms with Crippen molar-refractivity contribution in [3.05, 3.63) is 59.7 Å². The number of rotatable bonds is 8. The summed E-state index contributed by atoms with van der Waals surface area (Å²) in [5.41, 5.74) is 0.698. The van der Waals surface area contributed by atoms with E-state index in [-0.39, 0.29) is 22.1 Å². The number of sulfonamides is 1. The number of hydrogen-bond acceptors (Lipinski definition) is 7. The van der Waals surface area contributed by atoms with Crippen molar-refractivity contribution >= 4 is 39.4 Å². The number of hydrogen-bond donors (Lipinski definition) is 2. The van der Waals surface area contributed by atoms with Crippen LogP contribution in [0.1, 0.15) is 48.4 Å². The molecule has 34 heavy (non-hydrogen) atoms. The molecular weight excluding hydrogens is 462 g/mol. The van der Waals surface area contributed by atoms with E-state index in [1.54, 1.807) is 26.0 Å². The quantitative estimate of drug-likeness (QED) is 0.428. The van der Waals surface area contributed by atoms with Crippen molar-refractivity contribution in [3.63, 3.8) is 0 Å². The smallest absolute Gasteiger partial charge is 0.329 e. The number of carbonyl (C=O) groups is 4. The molecule has 0 radical (unpaired) electrons. The lowest BCUT2D eigenvalue weighted by molar-refractivity contribution is -0.156. The van der Waals surface area contributed by atoms with Gasteiger partial charge in [-0.2, -0.15) is 0 Å². The van der Waals surface area contributed by atoms with Gasteiger partial charge in [0.05, 0.1) is 16.0 Å². The van der Waals surface area contributed by atoms with Crippen LogP contribution in [0.5, 0.6) is 0 Å².